The molecule has 0 aliphatic carbocycles. The highest BCUT2D eigenvalue weighted by molar-refractivity contribution is 5.08. The van der Waals surface area contributed by atoms with Crippen molar-refractivity contribution in [3.63, 3.8) is 0 Å². The minimum absolute atomic E-state index is 0.547. The number of hydrogen-bond donors (Lipinski definition) is 3. The predicted octanol–water partition coefficient (Wildman–Crippen LogP) is 1.19. The molecule has 5 nitrogen and oxygen atoms in total. The van der Waals surface area contributed by atoms with Crippen molar-refractivity contribution in [3.05, 3.63) is 17.7 Å². The van der Waals surface area contributed by atoms with Crippen LogP contribution in [-0.2, 0) is 6.54 Å². The molecule has 1 saturated heterocycles. The van der Waals surface area contributed by atoms with Crippen LogP contribution in [0.2, 0.25) is 0 Å². The normalized spacial score (nSPS) is 24.0. The highest BCUT2D eigenvalue weighted by Gasteiger charge is 2.23. The van der Waals surface area contributed by atoms with Crippen molar-refractivity contribution in [1.82, 2.24) is 25.7 Å². The zero-order valence-corrected chi connectivity index (χ0v) is 11.7. The van der Waals surface area contributed by atoms with Crippen molar-refractivity contribution < 1.29 is 0 Å². The van der Waals surface area contributed by atoms with Gasteiger partial charge in [-0.05, 0) is 26.8 Å². The molecule has 3 N–H and O–H groups in total. The summed E-state index contributed by atoms with van der Waals surface area (Å²) in [5, 5.41) is 0. The Morgan fingerprint density at radius 3 is 2.83 bits per heavy atom. The quantitative estimate of drug-likeness (QED) is 0.711. The van der Waals surface area contributed by atoms with Crippen molar-refractivity contribution in [2.75, 3.05) is 13.6 Å². The largest absolute Gasteiger partial charge is 0.348 e. The van der Waals surface area contributed by atoms with Crippen LogP contribution < -0.4 is 10.9 Å². The van der Waals surface area contributed by atoms with Crippen LogP contribution in [0.25, 0.3) is 0 Å². The third-order valence-electron chi connectivity index (χ3n) is 3.58. The van der Waals surface area contributed by atoms with Gasteiger partial charge in [0.15, 0.2) is 0 Å². The van der Waals surface area contributed by atoms with E-state index in [1.165, 1.54) is 25.0 Å². The van der Waals surface area contributed by atoms with E-state index in [1.807, 2.05) is 0 Å². The average molecular weight is 251 g/mol. The van der Waals surface area contributed by atoms with Crippen molar-refractivity contribution >= 4 is 0 Å². The molecule has 2 unspecified atom stereocenters. The lowest BCUT2D eigenvalue weighted by atomic mass is 10.1. The molecule has 0 radical (unpaired) electrons. The Kier molecular flexibility index (Phi) is 4.74. The Bertz CT molecular complexity index is 362. The maximum Gasteiger partial charge on any atom is 0.0925 e. The van der Waals surface area contributed by atoms with Crippen LogP contribution in [0.5, 0.6) is 0 Å². The molecule has 1 aliphatic rings. The third kappa shape index (κ3) is 3.54. The van der Waals surface area contributed by atoms with Crippen LogP contribution in [-0.4, -0.2) is 40.5 Å². The molecule has 2 rings (SSSR count). The summed E-state index contributed by atoms with van der Waals surface area (Å²) in [4.78, 5) is 9.80. The van der Waals surface area contributed by atoms with E-state index in [4.69, 9.17) is 0 Å². The molecule has 0 bridgehead atoms. The second-order valence-electron chi connectivity index (χ2n) is 5.38. The second-order valence-corrected chi connectivity index (χ2v) is 5.38. The van der Waals surface area contributed by atoms with Crippen molar-refractivity contribution in [2.45, 2.75) is 51.7 Å². The van der Waals surface area contributed by atoms with E-state index in [1.54, 1.807) is 6.33 Å². The summed E-state index contributed by atoms with van der Waals surface area (Å²) < 4.78 is 0. The number of H-pyrrole nitrogens is 1. The Morgan fingerprint density at radius 2 is 2.17 bits per heavy atom. The van der Waals surface area contributed by atoms with E-state index in [2.05, 4.69) is 46.6 Å². The molecule has 1 aliphatic heterocycles. The fourth-order valence-electron chi connectivity index (χ4n) is 2.60. The van der Waals surface area contributed by atoms with E-state index in [0.29, 0.717) is 12.1 Å². The first kappa shape index (κ1) is 13.5. The third-order valence-corrected chi connectivity index (χ3v) is 3.58. The molecule has 0 saturated carbocycles. The predicted molar refractivity (Wildman–Crippen MR) is 73.0 cm³/mol. The number of rotatable bonds is 6. The number of imidazole rings is 1. The van der Waals surface area contributed by atoms with E-state index in [9.17, 15) is 0 Å². The molecule has 0 spiro atoms. The molecular weight excluding hydrogens is 226 g/mol. The minimum Gasteiger partial charge on any atom is -0.348 e. The zero-order chi connectivity index (χ0) is 13.0. The molecule has 2 atom stereocenters. The standard InChI is InChI=1S/C13H25N5/c1-4-5-11-6-12(17-16-11)7-18(3)8-13-10(2)14-9-15-13/h9,11-12,16-17H,4-8H2,1-3H3,(H,14,15). The van der Waals surface area contributed by atoms with Gasteiger partial charge in [-0.25, -0.2) is 4.98 Å². The maximum absolute atomic E-state index is 4.34. The van der Waals surface area contributed by atoms with Gasteiger partial charge in [0.1, 0.15) is 0 Å². The van der Waals surface area contributed by atoms with Gasteiger partial charge in [-0.15, -0.1) is 0 Å². The SMILES string of the molecule is CCCC1CC(CN(C)Cc2nc[nH]c2C)NN1. The van der Waals surface area contributed by atoms with Gasteiger partial charge in [-0.2, -0.15) is 0 Å². The second kappa shape index (κ2) is 6.31. The molecule has 1 aromatic heterocycles. The van der Waals surface area contributed by atoms with Crippen LogP contribution in [0.4, 0.5) is 0 Å². The summed E-state index contributed by atoms with van der Waals surface area (Å²) in [6, 6.07) is 1.19. The number of likely N-dealkylation sites (N-methyl/N-ethyl adjacent to an activating group) is 1. The smallest absolute Gasteiger partial charge is 0.0925 e. The molecule has 1 fully saturated rings. The fraction of sp³-hybridized carbons (Fsp3) is 0.769. The first-order chi connectivity index (χ1) is 8.69. The van der Waals surface area contributed by atoms with Crippen molar-refractivity contribution in [2.24, 2.45) is 0 Å². The zero-order valence-electron chi connectivity index (χ0n) is 11.7. The van der Waals surface area contributed by atoms with Gasteiger partial charge in [0.2, 0.25) is 0 Å². The van der Waals surface area contributed by atoms with E-state index >= 15 is 0 Å². The molecule has 5 heteroatoms. The molecule has 0 aromatic carbocycles. The summed E-state index contributed by atoms with van der Waals surface area (Å²) in [5.74, 6) is 0. The Morgan fingerprint density at radius 1 is 1.39 bits per heavy atom. The van der Waals surface area contributed by atoms with E-state index in [-0.39, 0.29) is 0 Å². The lowest BCUT2D eigenvalue weighted by Crippen LogP contribution is -2.39. The number of nitrogens with zero attached hydrogens (tertiary/aromatic N) is 2. The van der Waals surface area contributed by atoms with Crippen LogP contribution in [0.15, 0.2) is 6.33 Å². The van der Waals surface area contributed by atoms with Gasteiger partial charge in [0.05, 0.1) is 12.0 Å². The van der Waals surface area contributed by atoms with Crippen molar-refractivity contribution in [1.29, 1.82) is 0 Å². The summed E-state index contributed by atoms with van der Waals surface area (Å²) in [6.45, 7) is 6.27. The van der Waals surface area contributed by atoms with Gasteiger partial charge < -0.3 is 4.98 Å². The minimum atomic E-state index is 0.547. The van der Waals surface area contributed by atoms with E-state index in [0.717, 1.165) is 18.8 Å². The van der Waals surface area contributed by atoms with Gasteiger partial charge in [0.25, 0.3) is 0 Å². The van der Waals surface area contributed by atoms with Gasteiger partial charge in [-0.3, -0.25) is 15.8 Å². The highest BCUT2D eigenvalue weighted by atomic mass is 15.4. The average Bonchev–Trinajstić information content (AvgIpc) is 2.90. The first-order valence-electron chi connectivity index (χ1n) is 6.87. The van der Waals surface area contributed by atoms with Crippen LogP contribution in [0, 0.1) is 6.92 Å². The number of aryl methyl sites for hydroxylation is 1. The molecule has 102 valence electrons. The molecule has 2 heterocycles. The van der Waals surface area contributed by atoms with Crippen LogP contribution in [0.3, 0.4) is 0 Å². The highest BCUT2D eigenvalue weighted by Crippen LogP contribution is 2.12. The molecule has 1 aromatic rings. The van der Waals surface area contributed by atoms with Crippen molar-refractivity contribution in [3.8, 4) is 0 Å². The number of nitrogens with one attached hydrogen (secondary N) is 3. The summed E-state index contributed by atoms with van der Waals surface area (Å²) in [7, 11) is 2.16. The van der Waals surface area contributed by atoms with Gasteiger partial charge in [-0.1, -0.05) is 13.3 Å². The van der Waals surface area contributed by atoms with E-state index < -0.39 is 0 Å². The maximum atomic E-state index is 4.34. The topological polar surface area (TPSA) is 56.0 Å². The Hall–Kier alpha value is -0.910. The first-order valence-corrected chi connectivity index (χ1v) is 6.87. The fourth-order valence-corrected chi connectivity index (χ4v) is 2.60. The van der Waals surface area contributed by atoms with Crippen LogP contribution in [0.1, 0.15) is 37.6 Å². The molecular formula is C13H25N5. The lowest BCUT2D eigenvalue weighted by Gasteiger charge is -2.20. The van der Waals surface area contributed by atoms with Gasteiger partial charge >= 0.3 is 0 Å². The number of aromatic amines is 1. The lowest BCUT2D eigenvalue weighted by molar-refractivity contribution is 0.286. The Balaban J connectivity index is 1.75. The number of hydrogen-bond acceptors (Lipinski definition) is 4. The summed E-state index contributed by atoms with van der Waals surface area (Å²) >= 11 is 0. The molecule has 0 amide bonds. The number of hydrazine groups is 1. The monoisotopic (exact) mass is 251 g/mol. The van der Waals surface area contributed by atoms with Gasteiger partial charge in [0, 0.05) is 30.9 Å². The summed E-state index contributed by atoms with van der Waals surface area (Å²) in [6.07, 6.45) is 5.49. The number of aromatic nitrogens is 2. The Labute approximate surface area is 109 Å². The molecule has 18 heavy (non-hydrogen) atoms. The summed E-state index contributed by atoms with van der Waals surface area (Å²) in [5.41, 5.74) is 9.10. The van der Waals surface area contributed by atoms with Crippen LogP contribution >= 0.6 is 0 Å².